The average Bonchev–Trinajstić information content (AvgIpc) is 3.26. The molecule has 0 radical (unpaired) electrons. The number of rotatable bonds is 7. The highest BCUT2D eigenvalue weighted by atomic mass is 16.7. The highest BCUT2D eigenvalue weighted by Crippen LogP contribution is 2.51. The Bertz CT molecular complexity index is 1550. The number of aliphatic hydroxyl groups excluding tert-OH is 7. The van der Waals surface area contributed by atoms with E-state index in [-0.39, 0.29) is 11.3 Å². The molecule has 0 aliphatic carbocycles. The van der Waals surface area contributed by atoms with Crippen molar-refractivity contribution >= 4 is 11.0 Å². The van der Waals surface area contributed by atoms with Crippen molar-refractivity contribution in [3.05, 3.63) is 34.5 Å². The van der Waals surface area contributed by atoms with Gasteiger partial charge in [0.1, 0.15) is 53.9 Å². The molecule has 5 rings (SSSR count). The zero-order valence-electron chi connectivity index (χ0n) is 21.8. The highest BCUT2D eigenvalue weighted by Gasteiger charge is 2.47. The number of hydrogen-bond donors (Lipinski definition) is 11. The van der Waals surface area contributed by atoms with Crippen molar-refractivity contribution in [3.63, 3.8) is 0 Å². The normalized spacial score (nSPS) is 30.9. The molecule has 1 aromatic heterocycles. The van der Waals surface area contributed by atoms with Crippen LogP contribution in [-0.2, 0) is 9.47 Å². The Balaban J connectivity index is 1.68. The lowest BCUT2D eigenvalue weighted by molar-refractivity contribution is -0.277. The van der Waals surface area contributed by atoms with Gasteiger partial charge in [-0.15, -0.1) is 0 Å². The van der Waals surface area contributed by atoms with E-state index >= 15 is 0 Å². The van der Waals surface area contributed by atoms with E-state index in [2.05, 4.69) is 0 Å². The van der Waals surface area contributed by atoms with Crippen LogP contribution in [0.25, 0.3) is 22.3 Å². The van der Waals surface area contributed by atoms with Crippen molar-refractivity contribution in [2.24, 2.45) is 0 Å². The molecule has 17 heteroatoms. The van der Waals surface area contributed by atoms with Crippen molar-refractivity contribution in [1.82, 2.24) is 0 Å². The number of fused-ring (bicyclic) bond motifs is 1. The molecule has 0 bridgehead atoms. The highest BCUT2D eigenvalue weighted by molar-refractivity contribution is 5.95. The minimum atomic E-state index is -2.00. The van der Waals surface area contributed by atoms with Gasteiger partial charge in [0.25, 0.3) is 0 Å². The topological polar surface area (TPSA) is 290 Å². The molecule has 9 atom stereocenters. The van der Waals surface area contributed by atoms with Gasteiger partial charge in [0.05, 0.1) is 13.2 Å². The smallest absolute Gasteiger partial charge is 0.229 e. The van der Waals surface area contributed by atoms with Gasteiger partial charge in [-0.2, -0.15) is 0 Å². The Morgan fingerprint density at radius 1 is 0.674 bits per heavy atom. The van der Waals surface area contributed by atoms with E-state index in [9.17, 15) is 61.0 Å². The second kappa shape index (κ2) is 11.6. The lowest BCUT2D eigenvalue weighted by atomic mass is 9.99. The van der Waals surface area contributed by atoms with E-state index in [1.165, 1.54) is 6.07 Å². The van der Waals surface area contributed by atoms with E-state index in [1.807, 2.05) is 0 Å². The number of ether oxygens (including phenoxy) is 4. The number of aromatic hydroxyl groups is 4. The van der Waals surface area contributed by atoms with E-state index in [0.29, 0.717) is 0 Å². The molecule has 234 valence electrons. The maximum atomic E-state index is 13.3. The summed E-state index contributed by atoms with van der Waals surface area (Å²) < 4.78 is 27.3. The van der Waals surface area contributed by atoms with Gasteiger partial charge in [-0.25, -0.2) is 0 Å². The molecule has 43 heavy (non-hydrogen) atoms. The van der Waals surface area contributed by atoms with Crippen LogP contribution < -0.4 is 14.9 Å². The number of benzene rings is 2. The van der Waals surface area contributed by atoms with Gasteiger partial charge >= 0.3 is 0 Å². The minimum Gasteiger partial charge on any atom is -0.504 e. The van der Waals surface area contributed by atoms with E-state index in [4.69, 9.17) is 23.4 Å². The molecule has 2 saturated heterocycles. The average molecular weight is 612 g/mol. The van der Waals surface area contributed by atoms with Gasteiger partial charge < -0.3 is 79.5 Å². The van der Waals surface area contributed by atoms with Crippen LogP contribution in [-0.4, -0.2) is 125 Å². The minimum absolute atomic E-state index is 0.0407. The number of phenolic OH excluding ortho intramolecular Hbond substituents is 4. The fraction of sp³-hybridized carbons (Fsp3) is 0.423. The number of hydrogen-bond acceptors (Lipinski definition) is 17. The molecule has 2 aliphatic heterocycles. The van der Waals surface area contributed by atoms with Gasteiger partial charge in [0.15, 0.2) is 28.3 Å². The van der Waals surface area contributed by atoms with Crippen LogP contribution in [0.3, 0.4) is 0 Å². The van der Waals surface area contributed by atoms with E-state index in [0.717, 1.165) is 18.2 Å². The second-order valence-corrected chi connectivity index (χ2v) is 9.88. The van der Waals surface area contributed by atoms with Crippen molar-refractivity contribution in [2.45, 2.75) is 55.3 Å². The van der Waals surface area contributed by atoms with E-state index < -0.39 is 119 Å². The SMILES string of the molecule is O=c1cc(-c2ccc(O)c(O)c2)oc2c(OC3OC(CO)C(O)C(O)C3O)c(O)c(OC3OC(CO)C(O)C3O)c(O)c12. The molecule has 0 amide bonds. The summed E-state index contributed by atoms with van der Waals surface area (Å²) in [6.07, 6.45) is -15.7. The summed E-state index contributed by atoms with van der Waals surface area (Å²) in [5, 5.41) is 111. The summed E-state index contributed by atoms with van der Waals surface area (Å²) in [6, 6.07) is 4.26. The van der Waals surface area contributed by atoms with Crippen LogP contribution in [0.2, 0.25) is 0 Å². The molecule has 0 spiro atoms. The first kappa shape index (κ1) is 30.5. The molecule has 9 unspecified atom stereocenters. The summed E-state index contributed by atoms with van der Waals surface area (Å²) in [5.74, 6) is -5.31. The summed E-state index contributed by atoms with van der Waals surface area (Å²) in [6.45, 7) is -1.57. The molecule has 17 nitrogen and oxygen atoms in total. The molecule has 3 aromatic rings. The van der Waals surface area contributed by atoms with Crippen LogP contribution in [0.5, 0.6) is 34.5 Å². The zero-order chi connectivity index (χ0) is 31.3. The zero-order valence-corrected chi connectivity index (χ0v) is 21.8. The van der Waals surface area contributed by atoms with Crippen LogP contribution in [0.15, 0.2) is 33.5 Å². The molecular weight excluding hydrogens is 584 g/mol. The number of aliphatic hydroxyl groups is 7. The Hall–Kier alpha value is -3.91. The predicted octanol–water partition coefficient (Wildman–Crippen LogP) is -2.72. The first-order valence-corrected chi connectivity index (χ1v) is 12.7. The van der Waals surface area contributed by atoms with Gasteiger partial charge in [-0.05, 0) is 18.2 Å². The summed E-state index contributed by atoms with van der Waals surface area (Å²) in [5.41, 5.74) is -1.62. The molecular formula is C26H28O17. The fourth-order valence-electron chi connectivity index (χ4n) is 4.71. The molecule has 2 aromatic carbocycles. The van der Waals surface area contributed by atoms with E-state index in [1.54, 1.807) is 0 Å². The molecule has 0 saturated carbocycles. The van der Waals surface area contributed by atoms with Crippen molar-refractivity contribution in [3.8, 4) is 45.8 Å². The predicted molar refractivity (Wildman–Crippen MR) is 137 cm³/mol. The van der Waals surface area contributed by atoms with Gasteiger partial charge in [-0.3, -0.25) is 4.79 Å². The summed E-state index contributed by atoms with van der Waals surface area (Å²) in [4.78, 5) is 13.3. The Kier molecular flexibility index (Phi) is 8.27. The van der Waals surface area contributed by atoms with Crippen LogP contribution in [0.1, 0.15) is 0 Å². The lowest BCUT2D eigenvalue weighted by Gasteiger charge is -2.39. The van der Waals surface area contributed by atoms with Crippen LogP contribution >= 0.6 is 0 Å². The van der Waals surface area contributed by atoms with Gasteiger partial charge in [0.2, 0.25) is 29.8 Å². The lowest BCUT2D eigenvalue weighted by Crippen LogP contribution is -2.60. The van der Waals surface area contributed by atoms with Gasteiger partial charge in [-0.1, -0.05) is 0 Å². The maximum Gasteiger partial charge on any atom is 0.229 e. The second-order valence-electron chi connectivity index (χ2n) is 9.88. The first-order valence-electron chi connectivity index (χ1n) is 12.7. The van der Waals surface area contributed by atoms with Crippen LogP contribution in [0.4, 0.5) is 0 Å². The molecule has 2 fully saturated rings. The van der Waals surface area contributed by atoms with Crippen molar-refractivity contribution in [1.29, 1.82) is 0 Å². The maximum absolute atomic E-state index is 13.3. The summed E-state index contributed by atoms with van der Waals surface area (Å²) >= 11 is 0. The Morgan fingerprint density at radius 3 is 1.81 bits per heavy atom. The third-order valence-corrected chi connectivity index (χ3v) is 7.11. The third-order valence-electron chi connectivity index (χ3n) is 7.11. The summed E-state index contributed by atoms with van der Waals surface area (Å²) in [7, 11) is 0. The monoisotopic (exact) mass is 612 g/mol. The van der Waals surface area contributed by atoms with Crippen molar-refractivity contribution < 1.29 is 79.5 Å². The molecule has 2 aliphatic rings. The fourth-order valence-corrected chi connectivity index (χ4v) is 4.71. The van der Waals surface area contributed by atoms with Crippen molar-refractivity contribution in [2.75, 3.05) is 13.2 Å². The molecule has 11 N–H and O–H groups in total. The van der Waals surface area contributed by atoms with Crippen LogP contribution in [0, 0.1) is 0 Å². The third kappa shape index (κ3) is 5.26. The Morgan fingerprint density at radius 2 is 1.23 bits per heavy atom. The standard InChI is InChI=1S/C26H28O17/c27-5-12-15(32)18(35)20(37)26(40-12)43-24-21(38)23(42-25-19(36)16(33)13(6-28)41-25)17(34)14-10(31)4-11(39-22(14)24)7-1-2-8(29)9(30)3-7/h1-4,12-13,15-16,18-20,25-30,32-38H,5-6H2. The quantitative estimate of drug-likeness (QED) is 0.121. The van der Waals surface area contributed by atoms with Gasteiger partial charge in [0, 0.05) is 11.6 Å². The Labute approximate surface area is 239 Å². The first-order chi connectivity index (χ1) is 20.4. The number of phenols is 4. The largest absolute Gasteiger partial charge is 0.504 e. The molecule has 3 heterocycles.